The summed E-state index contributed by atoms with van der Waals surface area (Å²) in [6.07, 6.45) is 2.00. The van der Waals surface area contributed by atoms with Gasteiger partial charge in [-0.1, -0.05) is 23.8 Å². The largest absolute Gasteiger partial charge is 0.466 e. The molecule has 1 aliphatic rings. The van der Waals surface area contributed by atoms with Gasteiger partial charge in [-0.05, 0) is 43.5 Å². The third-order valence-electron chi connectivity index (χ3n) is 3.36. The Morgan fingerprint density at radius 1 is 1.18 bits per heavy atom. The lowest BCUT2D eigenvalue weighted by molar-refractivity contribution is -0.121. The molecule has 0 saturated carbocycles. The molecule has 0 atom stereocenters. The number of nitrogens with zero attached hydrogens (tertiary/aromatic N) is 2. The number of benzene rings is 2. The molecule has 5 heteroatoms. The summed E-state index contributed by atoms with van der Waals surface area (Å²) in [7, 11) is 0. The van der Waals surface area contributed by atoms with E-state index in [0.29, 0.717) is 5.90 Å². The maximum Gasteiger partial charge on any atom is 0.285 e. The van der Waals surface area contributed by atoms with Crippen molar-refractivity contribution in [3.05, 3.63) is 59.7 Å². The van der Waals surface area contributed by atoms with Crippen LogP contribution < -0.4 is 5.01 Å². The third kappa shape index (κ3) is 2.99. The summed E-state index contributed by atoms with van der Waals surface area (Å²) in [6, 6.07) is 15.6. The summed E-state index contributed by atoms with van der Waals surface area (Å²) in [5, 5.41) is 5.79. The molecule has 4 nitrogen and oxygen atoms in total. The number of aryl methyl sites for hydroxylation is 1. The number of hydrogen-bond donors (Lipinski definition) is 0. The van der Waals surface area contributed by atoms with Crippen LogP contribution in [0.2, 0.25) is 0 Å². The van der Waals surface area contributed by atoms with Crippen LogP contribution in [-0.4, -0.2) is 24.7 Å². The van der Waals surface area contributed by atoms with Gasteiger partial charge in [0.1, 0.15) is 0 Å². The van der Waals surface area contributed by atoms with E-state index >= 15 is 0 Å². The number of thioether (sulfide) groups is 1. The van der Waals surface area contributed by atoms with E-state index in [9.17, 15) is 4.79 Å². The molecule has 1 amide bonds. The van der Waals surface area contributed by atoms with E-state index in [1.807, 2.05) is 61.7 Å². The second-order valence-corrected chi connectivity index (χ2v) is 5.85. The number of rotatable bonds is 3. The standard InChI is InChI=1S/C17H16N2O2S/c1-12-6-8-13(9-7-12)17-18-19(16(20)11-21-17)14-4-3-5-15(10-14)22-2/h3-10H,11H2,1-2H3. The molecule has 0 aromatic heterocycles. The zero-order valence-corrected chi connectivity index (χ0v) is 13.3. The van der Waals surface area contributed by atoms with E-state index < -0.39 is 0 Å². The van der Waals surface area contributed by atoms with Crippen LogP contribution in [0.3, 0.4) is 0 Å². The lowest BCUT2D eigenvalue weighted by Crippen LogP contribution is -2.36. The van der Waals surface area contributed by atoms with Gasteiger partial charge in [-0.15, -0.1) is 16.9 Å². The smallest absolute Gasteiger partial charge is 0.285 e. The maximum absolute atomic E-state index is 12.1. The van der Waals surface area contributed by atoms with Crippen LogP contribution in [0.1, 0.15) is 11.1 Å². The first-order valence-electron chi connectivity index (χ1n) is 6.93. The van der Waals surface area contributed by atoms with E-state index in [2.05, 4.69) is 5.10 Å². The van der Waals surface area contributed by atoms with Gasteiger partial charge in [0.25, 0.3) is 5.91 Å². The van der Waals surface area contributed by atoms with Crippen LogP contribution in [0.5, 0.6) is 0 Å². The van der Waals surface area contributed by atoms with Crippen molar-refractivity contribution in [1.82, 2.24) is 0 Å². The number of carbonyl (C=O) groups excluding carboxylic acids is 1. The summed E-state index contributed by atoms with van der Waals surface area (Å²) in [6.45, 7) is 2.02. The van der Waals surface area contributed by atoms with Gasteiger partial charge in [-0.2, -0.15) is 5.01 Å². The molecule has 0 fully saturated rings. The van der Waals surface area contributed by atoms with Crippen LogP contribution in [0.15, 0.2) is 58.5 Å². The molecule has 0 unspecified atom stereocenters. The first-order chi connectivity index (χ1) is 10.7. The van der Waals surface area contributed by atoms with Gasteiger partial charge < -0.3 is 4.74 Å². The Morgan fingerprint density at radius 3 is 2.68 bits per heavy atom. The van der Waals surface area contributed by atoms with E-state index in [0.717, 1.165) is 16.1 Å². The highest BCUT2D eigenvalue weighted by molar-refractivity contribution is 7.98. The van der Waals surface area contributed by atoms with Gasteiger partial charge in [-0.3, -0.25) is 4.79 Å². The Hall–Kier alpha value is -2.27. The normalized spacial score (nSPS) is 14.5. The molecule has 112 valence electrons. The minimum absolute atomic E-state index is 0.00376. The molecule has 0 saturated heterocycles. The highest BCUT2D eigenvalue weighted by Crippen LogP contribution is 2.24. The van der Waals surface area contributed by atoms with Gasteiger partial charge in [-0.25, -0.2) is 0 Å². The molecular weight excluding hydrogens is 296 g/mol. The third-order valence-corrected chi connectivity index (χ3v) is 4.08. The molecular formula is C17H16N2O2S. The lowest BCUT2D eigenvalue weighted by Gasteiger charge is -2.24. The molecule has 3 rings (SSSR count). The fourth-order valence-electron chi connectivity index (χ4n) is 2.15. The average molecular weight is 312 g/mol. The second kappa shape index (κ2) is 6.23. The van der Waals surface area contributed by atoms with Gasteiger partial charge >= 0.3 is 0 Å². The monoisotopic (exact) mass is 312 g/mol. The van der Waals surface area contributed by atoms with Gasteiger partial charge in [0, 0.05) is 10.5 Å². The Morgan fingerprint density at radius 2 is 1.95 bits per heavy atom. The highest BCUT2D eigenvalue weighted by atomic mass is 32.2. The number of carbonyl (C=O) groups is 1. The van der Waals surface area contributed by atoms with E-state index in [-0.39, 0.29) is 12.5 Å². The van der Waals surface area contributed by atoms with Crippen molar-refractivity contribution in [1.29, 1.82) is 0 Å². The van der Waals surface area contributed by atoms with Gasteiger partial charge in [0.05, 0.1) is 5.69 Å². The zero-order valence-electron chi connectivity index (χ0n) is 12.4. The molecule has 0 radical (unpaired) electrons. The van der Waals surface area contributed by atoms with Crippen LogP contribution in [0.25, 0.3) is 0 Å². The van der Waals surface area contributed by atoms with Crippen LogP contribution in [0.4, 0.5) is 5.69 Å². The number of amides is 1. The SMILES string of the molecule is CSc1cccc(N2N=C(c3ccc(C)cc3)OCC2=O)c1. The first kappa shape index (κ1) is 14.7. The fourth-order valence-corrected chi connectivity index (χ4v) is 2.60. The summed E-state index contributed by atoms with van der Waals surface area (Å²) in [4.78, 5) is 13.2. The summed E-state index contributed by atoms with van der Waals surface area (Å²) < 4.78 is 5.48. The van der Waals surface area contributed by atoms with Crippen LogP contribution in [-0.2, 0) is 9.53 Å². The van der Waals surface area contributed by atoms with Crippen molar-refractivity contribution in [2.45, 2.75) is 11.8 Å². The van der Waals surface area contributed by atoms with Gasteiger partial charge in [0.2, 0.25) is 5.90 Å². The first-order valence-corrected chi connectivity index (χ1v) is 8.15. The molecule has 1 heterocycles. The van der Waals surface area contributed by atoms with E-state index in [1.54, 1.807) is 11.8 Å². The predicted octanol–water partition coefficient (Wildman–Crippen LogP) is 3.44. The Bertz CT molecular complexity index is 726. The number of ether oxygens (including phenoxy) is 1. The summed E-state index contributed by atoms with van der Waals surface area (Å²) in [5.74, 6) is 0.295. The predicted molar refractivity (Wildman–Crippen MR) is 89.4 cm³/mol. The van der Waals surface area contributed by atoms with Crippen molar-refractivity contribution in [3.63, 3.8) is 0 Å². The van der Waals surface area contributed by atoms with Crippen molar-refractivity contribution in [2.75, 3.05) is 17.9 Å². The van der Waals surface area contributed by atoms with E-state index in [1.165, 1.54) is 10.6 Å². The molecule has 22 heavy (non-hydrogen) atoms. The Labute approximate surface area is 133 Å². The number of hydrazone groups is 1. The molecule has 0 N–H and O–H groups in total. The van der Waals surface area contributed by atoms with Crippen LogP contribution in [0, 0.1) is 6.92 Å². The molecule has 2 aromatic carbocycles. The molecule has 0 bridgehead atoms. The zero-order chi connectivity index (χ0) is 15.5. The summed E-state index contributed by atoms with van der Waals surface area (Å²) in [5.41, 5.74) is 2.79. The fraction of sp³-hybridized carbons (Fsp3) is 0.176. The molecule has 0 aliphatic carbocycles. The quantitative estimate of drug-likeness (QED) is 0.815. The lowest BCUT2D eigenvalue weighted by atomic mass is 10.1. The topological polar surface area (TPSA) is 41.9 Å². The second-order valence-electron chi connectivity index (χ2n) is 4.97. The van der Waals surface area contributed by atoms with E-state index in [4.69, 9.17) is 4.74 Å². The van der Waals surface area contributed by atoms with Crippen molar-refractivity contribution in [2.24, 2.45) is 5.10 Å². The maximum atomic E-state index is 12.1. The minimum Gasteiger partial charge on any atom is -0.466 e. The minimum atomic E-state index is -0.172. The van der Waals surface area contributed by atoms with Crippen molar-refractivity contribution in [3.8, 4) is 0 Å². The molecule has 0 spiro atoms. The summed E-state index contributed by atoms with van der Waals surface area (Å²) >= 11 is 1.63. The average Bonchev–Trinajstić information content (AvgIpc) is 2.56. The van der Waals surface area contributed by atoms with Crippen molar-refractivity contribution >= 4 is 29.3 Å². The highest BCUT2D eigenvalue weighted by Gasteiger charge is 2.24. The van der Waals surface area contributed by atoms with Crippen molar-refractivity contribution < 1.29 is 9.53 Å². The van der Waals surface area contributed by atoms with Crippen LogP contribution >= 0.6 is 11.8 Å². The Kier molecular flexibility index (Phi) is 4.15. The molecule has 1 aliphatic heterocycles. The number of anilines is 1. The molecule has 2 aromatic rings. The van der Waals surface area contributed by atoms with Gasteiger partial charge in [0.15, 0.2) is 6.61 Å². The Balaban J connectivity index is 1.96. The number of hydrogen-bond acceptors (Lipinski definition) is 4.